The maximum atomic E-state index is 12.6. The molecule has 2 aromatic heterocycles. The van der Waals surface area contributed by atoms with Gasteiger partial charge in [-0.05, 0) is 18.2 Å². The topological polar surface area (TPSA) is 101 Å². The zero-order chi connectivity index (χ0) is 21.2. The van der Waals surface area contributed by atoms with Crippen molar-refractivity contribution in [3.05, 3.63) is 70.6 Å². The highest BCUT2D eigenvalue weighted by molar-refractivity contribution is 7.19. The highest BCUT2D eigenvalue weighted by Gasteiger charge is 2.16. The van der Waals surface area contributed by atoms with Gasteiger partial charge in [-0.3, -0.25) is 9.59 Å². The maximum absolute atomic E-state index is 12.6. The Morgan fingerprint density at radius 2 is 2.13 bits per heavy atom. The summed E-state index contributed by atoms with van der Waals surface area (Å²) in [6.07, 6.45) is 4.29. The van der Waals surface area contributed by atoms with Gasteiger partial charge in [0.15, 0.2) is 0 Å². The highest BCUT2D eigenvalue weighted by Crippen LogP contribution is 2.27. The van der Waals surface area contributed by atoms with Crippen molar-refractivity contribution in [3.8, 4) is 10.6 Å². The molecule has 5 rings (SSSR count). The van der Waals surface area contributed by atoms with Gasteiger partial charge in [-0.1, -0.05) is 29.2 Å². The smallest absolute Gasteiger partial charge is 0.277 e. The molecule has 2 aliphatic rings. The molecule has 10 heteroatoms. The number of benzene rings is 1. The number of hydrogen-bond donors (Lipinski definition) is 2. The lowest BCUT2D eigenvalue weighted by Crippen LogP contribution is -2.44. The second-order valence-corrected chi connectivity index (χ2v) is 7.90. The van der Waals surface area contributed by atoms with Crippen LogP contribution in [0.1, 0.15) is 0 Å². The SMILES string of the molecule is O=C(Nc1cccc(-c2nn3c(=O)cc(N4CCNCC4)nc3s2)c1)C1=C=COC=C1. The average molecular weight is 434 g/mol. The van der Waals surface area contributed by atoms with E-state index in [0.29, 0.717) is 27.0 Å². The summed E-state index contributed by atoms with van der Waals surface area (Å²) < 4.78 is 6.22. The van der Waals surface area contributed by atoms with E-state index in [9.17, 15) is 9.59 Å². The fourth-order valence-corrected chi connectivity index (χ4v) is 4.23. The Morgan fingerprint density at radius 1 is 1.26 bits per heavy atom. The summed E-state index contributed by atoms with van der Waals surface area (Å²) in [7, 11) is 0. The van der Waals surface area contributed by atoms with E-state index in [1.165, 1.54) is 34.4 Å². The van der Waals surface area contributed by atoms with Gasteiger partial charge < -0.3 is 20.3 Å². The molecule has 0 spiro atoms. The van der Waals surface area contributed by atoms with Crippen molar-refractivity contribution in [2.75, 3.05) is 36.4 Å². The van der Waals surface area contributed by atoms with Crippen LogP contribution in [-0.2, 0) is 9.53 Å². The summed E-state index contributed by atoms with van der Waals surface area (Å²) in [4.78, 5) is 32.3. The lowest BCUT2D eigenvalue weighted by Gasteiger charge is -2.27. The molecule has 1 amide bonds. The Labute approximate surface area is 181 Å². The van der Waals surface area contributed by atoms with Gasteiger partial charge in [-0.2, -0.15) is 9.61 Å². The third-order valence-corrected chi connectivity index (χ3v) is 5.84. The first-order valence-electron chi connectivity index (χ1n) is 9.73. The largest absolute Gasteiger partial charge is 0.464 e. The van der Waals surface area contributed by atoms with E-state index in [4.69, 9.17) is 4.74 Å². The summed E-state index contributed by atoms with van der Waals surface area (Å²) in [6.45, 7) is 3.35. The van der Waals surface area contributed by atoms with E-state index in [2.05, 4.69) is 31.3 Å². The van der Waals surface area contributed by atoms with Gasteiger partial charge in [-0.25, -0.2) is 4.98 Å². The van der Waals surface area contributed by atoms with Gasteiger partial charge in [0, 0.05) is 43.5 Å². The fraction of sp³-hybridized carbons (Fsp3) is 0.190. The third-order valence-electron chi connectivity index (χ3n) is 4.88. The number of rotatable bonds is 4. The number of nitrogens with one attached hydrogen (secondary N) is 2. The summed E-state index contributed by atoms with van der Waals surface area (Å²) in [6, 6.07) is 8.83. The number of fused-ring (bicyclic) bond motifs is 1. The zero-order valence-corrected chi connectivity index (χ0v) is 17.2. The molecule has 2 aliphatic heterocycles. The first-order chi connectivity index (χ1) is 15.2. The molecule has 2 N–H and O–H groups in total. The summed E-state index contributed by atoms with van der Waals surface area (Å²) >= 11 is 1.33. The molecule has 0 saturated carbocycles. The summed E-state index contributed by atoms with van der Waals surface area (Å²) in [5.74, 6) is 0.379. The summed E-state index contributed by atoms with van der Waals surface area (Å²) in [5, 5.41) is 11.2. The molecule has 156 valence electrons. The van der Waals surface area contributed by atoms with Crippen LogP contribution in [-0.4, -0.2) is 46.7 Å². The Balaban J connectivity index is 1.44. The lowest BCUT2D eigenvalue weighted by atomic mass is 10.2. The first kappa shape index (κ1) is 19.3. The lowest BCUT2D eigenvalue weighted by molar-refractivity contribution is -0.112. The van der Waals surface area contributed by atoms with Crippen LogP contribution in [0.5, 0.6) is 0 Å². The quantitative estimate of drug-likeness (QED) is 0.604. The molecule has 1 aromatic carbocycles. The van der Waals surface area contributed by atoms with Crippen molar-refractivity contribution in [1.29, 1.82) is 0 Å². The van der Waals surface area contributed by atoms with Gasteiger partial charge in [-0.15, -0.1) is 0 Å². The van der Waals surface area contributed by atoms with Crippen LogP contribution in [0.25, 0.3) is 15.5 Å². The van der Waals surface area contributed by atoms with E-state index < -0.39 is 0 Å². The predicted molar refractivity (Wildman–Crippen MR) is 118 cm³/mol. The number of carbonyl (C=O) groups excluding carboxylic acids is 1. The van der Waals surface area contributed by atoms with E-state index in [1.54, 1.807) is 12.1 Å². The van der Waals surface area contributed by atoms with Gasteiger partial charge in [0.2, 0.25) is 4.96 Å². The average Bonchev–Trinajstić information content (AvgIpc) is 3.25. The molecular formula is C21H18N6O3S. The number of piperazine rings is 1. The van der Waals surface area contributed by atoms with Crippen molar-refractivity contribution in [2.45, 2.75) is 0 Å². The Morgan fingerprint density at radius 3 is 2.94 bits per heavy atom. The van der Waals surface area contributed by atoms with E-state index >= 15 is 0 Å². The van der Waals surface area contributed by atoms with Crippen molar-refractivity contribution in [3.63, 3.8) is 0 Å². The van der Waals surface area contributed by atoms with Gasteiger partial charge >= 0.3 is 0 Å². The molecule has 1 fully saturated rings. The first-order valence-corrected chi connectivity index (χ1v) is 10.5. The van der Waals surface area contributed by atoms with E-state index in [-0.39, 0.29) is 11.5 Å². The number of anilines is 2. The second-order valence-electron chi connectivity index (χ2n) is 6.94. The molecule has 4 heterocycles. The molecule has 1 saturated heterocycles. The van der Waals surface area contributed by atoms with Crippen LogP contribution in [0, 0.1) is 0 Å². The minimum Gasteiger partial charge on any atom is -0.464 e. The molecule has 0 aliphatic carbocycles. The molecular weight excluding hydrogens is 416 g/mol. The zero-order valence-electron chi connectivity index (χ0n) is 16.4. The summed E-state index contributed by atoms with van der Waals surface area (Å²) in [5.41, 5.74) is 4.29. The molecule has 0 radical (unpaired) electrons. The minimum absolute atomic E-state index is 0.212. The van der Waals surface area contributed by atoms with Crippen molar-refractivity contribution < 1.29 is 9.53 Å². The van der Waals surface area contributed by atoms with Crippen LogP contribution in [0.2, 0.25) is 0 Å². The molecule has 3 aromatic rings. The van der Waals surface area contributed by atoms with Crippen molar-refractivity contribution in [2.24, 2.45) is 0 Å². The van der Waals surface area contributed by atoms with Crippen LogP contribution in [0.4, 0.5) is 11.5 Å². The van der Waals surface area contributed by atoms with Gasteiger partial charge in [0.05, 0.1) is 11.8 Å². The molecule has 0 unspecified atom stereocenters. The van der Waals surface area contributed by atoms with Crippen LogP contribution < -0.4 is 21.1 Å². The van der Waals surface area contributed by atoms with Gasteiger partial charge in [0.1, 0.15) is 17.1 Å². The number of ether oxygens (including phenoxy) is 1. The second kappa shape index (κ2) is 8.19. The Bertz CT molecular complexity index is 1310. The molecule has 0 bridgehead atoms. The number of nitrogens with zero attached hydrogens (tertiary/aromatic N) is 4. The van der Waals surface area contributed by atoms with E-state index in [0.717, 1.165) is 31.7 Å². The van der Waals surface area contributed by atoms with Crippen molar-refractivity contribution in [1.82, 2.24) is 19.9 Å². The predicted octanol–water partition coefficient (Wildman–Crippen LogP) is 1.75. The number of amides is 1. The molecule has 31 heavy (non-hydrogen) atoms. The molecule has 9 nitrogen and oxygen atoms in total. The van der Waals surface area contributed by atoms with Crippen LogP contribution >= 0.6 is 11.3 Å². The Hall–Kier alpha value is -3.72. The Kier molecular flexibility index (Phi) is 5.09. The normalized spacial score (nSPS) is 15.6. The van der Waals surface area contributed by atoms with Crippen molar-refractivity contribution >= 4 is 33.7 Å². The van der Waals surface area contributed by atoms with Crippen LogP contribution in [0.15, 0.2) is 65.0 Å². The monoisotopic (exact) mass is 434 g/mol. The fourth-order valence-electron chi connectivity index (χ4n) is 3.33. The van der Waals surface area contributed by atoms with Gasteiger partial charge in [0.25, 0.3) is 11.5 Å². The van der Waals surface area contributed by atoms with Crippen LogP contribution in [0.3, 0.4) is 0 Å². The van der Waals surface area contributed by atoms with E-state index in [1.807, 2.05) is 18.2 Å². The number of carbonyl (C=O) groups is 1. The third kappa shape index (κ3) is 3.99. The number of hydrogen-bond acceptors (Lipinski definition) is 8. The molecule has 0 atom stereocenters. The maximum Gasteiger partial charge on any atom is 0.277 e. The highest BCUT2D eigenvalue weighted by atomic mass is 32.1. The minimum atomic E-state index is -0.296. The standard InChI is InChI=1S/C21H18N6O3S/c28-18-13-17(26-8-6-22-7-9-26)24-21-27(18)25-20(31-21)15-2-1-3-16(12-15)23-19(29)14-4-10-30-11-5-14/h1-4,10-13,22H,6-9H2,(H,23,29). The number of aromatic nitrogens is 3.